The molecule has 1 fully saturated rings. The Morgan fingerprint density at radius 2 is 1.55 bits per heavy atom. The van der Waals surface area contributed by atoms with Crippen LogP contribution in [-0.4, -0.2) is 4.98 Å². The van der Waals surface area contributed by atoms with Crippen molar-refractivity contribution in [3.8, 4) is 0 Å². The van der Waals surface area contributed by atoms with E-state index in [1.807, 2.05) is 24.5 Å². The highest BCUT2D eigenvalue weighted by atomic mass is 19.1. The Bertz CT molecular complexity index is 529. The molecule has 0 aliphatic heterocycles. The zero-order valence-corrected chi connectivity index (χ0v) is 11.6. The van der Waals surface area contributed by atoms with Crippen LogP contribution in [0.1, 0.15) is 49.1 Å². The van der Waals surface area contributed by atoms with Gasteiger partial charge in [-0.15, -0.1) is 0 Å². The van der Waals surface area contributed by atoms with Gasteiger partial charge in [0.05, 0.1) is 0 Å². The molecular formula is C18H20FN. The number of benzene rings is 1. The molecule has 2 heteroatoms. The number of rotatable bonds is 4. The molecule has 104 valence electrons. The first kappa shape index (κ1) is 13.3. The predicted octanol–water partition coefficient (Wildman–Crippen LogP) is 4.93. The summed E-state index contributed by atoms with van der Waals surface area (Å²) in [4.78, 5) is 4.11. The summed E-state index contributed by atoms with van der Waals surface area (Å²) in [6.45, 7) is 0. The molecule has 1 aliphatic carbocycles. The Balaban J connectivity index is 1.88. The largest absolute Gasteiger partial charge is 0.265 e. The van der Waals surface area contributed by atoms with Gasteiger partial charge in [0, 0.05) is 18.3 Å². The van der Waals surface area contributed by atoms with Crippen molar-refractivity contribution in [3.05, 3.63) is 65.7 Å². The van der Waals surface area contributed by atoms with Crippen LogP contribution in [0.25, 0.3) is 0 Å². The third kappa shape index (κ3) is 3.06. The first-order valence-corrected chi connectivity index (χ1v) is 7.48. The van der Waals surface area contributed by atoms with Crippen LogP contribution in [0.2, 0.25) is 0 Å². The zero-order valence-electron chi connectivity index (χ0n) is 11.6. The van der Waals surface area contributed by atoms with Crippen molar-refractivity contribution in [2.75, 3.05) is 0 Å². The molecule has 3 rings (SSSR count). The van der Waals surface area contributed by atoms with Gasteiger partial charge in [-0.2, -0.15) is 0 Å². The van der Waals surface area contributed by atoms with Gasteiger partial charge in [0.2, 0.25) is 0 Å². The van der Waals surface area contributed by atoms with Crippen LogP contribution in [0, 0.1) is 11.7 Å². The molecule has 20 heavy (non-hydrogen) atoms. The third-order valence-electron chi connectivity index (χ3n) is 4.42. The summed E-state index contributed by atoms with van der Waals surface area (Å²) in [5, 5.41) is 0. The molecule has 1 saturated carbocycles. The SMILES string of the molecule is Fc1ccc(C(CC2CCCC2)c2ccncc2)cc1. The molecule has 1 atom stereocenters. The van der Waals surface area contributed by atoms with Crippen molar-refractivity contribution in [1.29, 1.82) is 0 Å². The number of halogens is 1. The number of aromatic nitrogens is 1. The summed E-state index contributed by atoms with van der Waals surface area (Å²) in [6, 6.07) is 11.2. The van der Waals surface area contributed by atoms with Gasteiger partial charge in [0.25, 0.3) is 0 Å². The highest BCUT2D eigenvalue weighted by molar-refractivity contribution is 5.31. The van der Waals surface area contributed by atoms with Gasteiger partial charge in [0.15, 0.2) is 0 Å². The molecule has 0 N–H and O–H groups in total. The van der Waals surface area contributed by atoms with Crippen molar-refractivity contribution >= 4 is 0 Å². The first-order chi connectivity index (χ1) is 9.83. The van der Waals surface area contributed by atoms with E-state index in [4.69, 9.17) is 0 Å². The molecule has 0 bridgehead atoms. The molecule has 1 aromatic heterocycles. The molecular weight excluding hydrogens is 249 g/mol. The lowest BCUT2D eigenvalue weighted by molar-refractivity contribution is 0.472. The zero-order chi connectivity index (χ0) is 13.8. The maximum absolute atomic E-state index is 13.1. The number of hydrogen-bond donors (Lipinski definition) is 0. The lowest BCUT2D eigenvalue weighted by atomic mass is 9.83. The van der Waals surface area contributed by atoms with Crippen LogP contribution in [-0.2, 0) is 0 Å². The van der Waals surface area contributed by atoms with Gasteiger partial charge < -0.3 is 0 Å². The molecule has 2 aromatic rings. The summed E-state index contributed by atoms with van der Waals surface area (Å²) in [5.74, 6) is 1.00. The molecule has 1 heterocycles. The molecule has 1 aromatic carbocycles. The summed E-state index contributed by atoms with van der Waals surface area (Å²) in [7, 11) is 0. The van der Waals surface area contributed by atoms with E-state index < -0.39 is 0 Å². The van der Waals surface area contributed by atoms with Gasteiger partial charge >= 0.3 is 0 Å². The van der Waals surface area contributed by atoms with E-state index in [0.717, 1.165) is 12.3 Å². The van der Waals surface area contributed by atoms with Crippen LogP contribution in [0.4, 0.5) is 4.39 Å². The maximum Gasteiger partial charge on any atom is 0.123 e. The van der Waals surface area contributed by atoms with Gasteiger partial charge in [0.1, 0.15) is 5.82 Å². The fourth-order valence-corrected chi connectivity index (χ4v) is 3.33. The first-order valence-electron chi connectivity index (χ1n) is 7.48. The Hall–Kier alpha value is -1.70. The summed E-state index contributed by atoms with van der Waals surface area (Å²) in [6.07, 6.45) is 10.2. The van der Waals surface area contributed by atoms with Gasteiger partial charge in [-0.1, -0.05) is 37.8 Å². The van der Waals surface area contributed by atoms with Crippen molar-refractivity contribution in [1.82, 2.24) is 4.98 Å². The molecule has 1 unspecified atom stereocenters. The summed E-state index contributed by atoms with van der Waals surface area (Å²) < 4.78 is 13.1. The van der Waals surface area contributed by atoms with E-state index in [0.29, 0.717) is 5.92 Å². The Labute approximate surface area is 119 Å². The highest BCUT2D eigenvalue weighted by Crippen LogP contribution is 2.37. The topological polar surface area (TPSA) is 12.9 Å². The second kappa shape index (κ2) is 6.17. The molecule has 0 saturated heterocycles. The standard InChI is InChI=1S/C18H20FN/c19-17-7-5-15(6-8-17)18(13-14-3-1-2-4-14)16-9-11-20-12-10-16/h5-12,14,18H,1-4,13H2. The normalized spacial score (nSPS) is 17.2. The smallest absolute Gasteiger partial charge is 0.123 e. The third-order valence-corrected chi connectivity index (χ3v) is 4.42. The average Bonchev–Trinajstić information content (AvgIpc) is 3.00. The highest BCUT2D eigenvalue weighted by Gasteiger charge is 2.22. The van der Waals surface area contributed by atoms with Crippen LogP contribution in [0.5, 0.6) is 0 Å². The van der Waals surface area contributed by atoms with E-state index in [9.17, 15) is 4.39 Å². The number of nitrogens with zero attached hydrogens (tertiary/aromatic N) is 1. The quantitative estimate of drug-likeness (QED) is 0.766. The second-order valence-electron chi connectivity index (χ2n) is 5.77. The lowest BCUT2D eigenvalue weighted by Gasteiger charge is -2.21. The van der Waals surface area contributed by atoms with Crippen LogP contribution < -0.4 is 0 Å². The van der Waals surface area contributed by atoms with E-state index >= 15 is 0 Å². The molecule has 0 spiro atoms. The molecule has 0 amide bonds. The second-order valence-corrected chi connectivity index (χ2v) is 5.77. The van der Waals surface area contributed by atoms with Gasteiger partial charge in [-0.3, -0.25) is 4.98 Å². The van der Waals surface area contributed by atoms with Gasteiger partial charge in [-0.05, 0) is 47.7 Å². The van der Waals surface area contributed by atoms with Gasteiger partial charge in [-0.25, -0.2) is 4.39 Å². The van der Waals surface area contributed by atoms with Crippen molar-refractivity contribution in [2.45, 2.75) is 38.0 Å². The Kier molecular flexibility index (Phi) is 4.10. The van der Waals surface area contributed by atoms with Crippen LogP contribution >= 0.6 is 0 Å². The Morgan fingerprint density at radius 1 is 0.950 bits per heavy atom. The van der Waals surface area contributed by atoms with Crippen molar-refractivity contribution in [2.24, 2.45) is 5.92 Å². The molecule has 1 nitrogen and oxygen atoms in total. The lowest BCUT2D eigenvalue weighted by Crippen LogP contribution is -2.07. The fraction of sp³-hybridized carbons (Fsp3) is 0.389. The number of hydrogen-bond acceptors (Lipinski definition) is 1. The monoisotopic (exact) mass is 269 g/mol. The fourth-order valence-electron chi connectivity index (χ4n) is 3.33. The minimum absolute atomic E-state index is 0.164. The number of pyridine rings is 1. The summed E-state index contributed by atoms with van der Waals surface area (Å²) >= 11 is 0. The predicted molar refractivity (Wildman–Crippen MR) is 79.1 cm³/mol. The van der Waals surface area contributed by atoms with Crippen LogP contribution in [0.15, 0.2) is 48.8 Å². The molecule has 0 radical (unpaired) electrons. The van der Waals surface area contributed by atoms with E-state index in [1.54, 1.807) is 12.1 Å². The van der Waals surface area contributed by atoms with E-state index in [-0.39, 0.29) is 5.82 Å². The van der Waals surface area contributed by atoms with Crippen molar-refractivity contribution in [3.63, 3.8) is 0 Å². The van der Waals surface area contributed by atoms with E-state index in [1.165, 1.54) is 36.8 Å². The minimum atomic E-state index is -0.164. The van der Waals surface area contributed by atoms with Crippen molar-refractivity contribution < 1.29 is 4.39 Å². The molecule has 1 aliphatic rings. The maximum atomic E-state index is 13.1. The summed E-state index contributed by atoms with van der Waals surface area (Å²) in [5.41, 5.74) is 2.50. The Morgan fingerprint density at radius 3 is 2.20 bits per heavy atom. The van der Waals surface area contributed by atoms with Crippen LogP contribution in [0.3, 0.4) is 0 Å². The minimum Gasteiger partial charge on any atom is -0.265 e. The van der Waals surface area contributed by atoms with E-state index in [2.05, 4.69) is 17.1 Å². The average molecular weight is 269 g/mol.